The van der Waals surface area contributed by atoms with Crippen molar-refractivity contribution < 1.29 is 14.3 Å². The largest absolute Gasteiger partial charge is 0.477 e. The van der Waals surface area contributed by atoms with Crippen molar-refractivity contribution in [3.63, 3.8) is 0 Å². The number of fused-ring (bicyclic) bond motifs is 1. The maximum Gasteiger partial charge on any atom is 0.341 e. The molecule has 1 aromatic heterocycles. The van der Waals surface area contributed by atoms with Crippen LogP contribution in [0, 0.1) is 9.39 Å². The highest BCUT2D eigenvalue weighted by Crippen LogP contribution is 2.16. The number of benzene rings is 1. The molecule has 0 amide bonds. The van der Waals surface area contributed by atoms with Crippen LogP contribution >= 0.6 is 22.6 Å². The average molecular weight is 333 g/mol. The molecule has 0 saturated heterocycles. The van der Waals surface area contributed by atoms with Crippen LogP contribution in [0.15, 0.2) is 23.1 Å². The molecule has 0 saturated carbocycles. The molecule has 2 rings (SSSR count). The van der Waals surface area contributed by atoms with Gasteiger partial charge in [0, 0.05) is 15.2 Å². The van der Waals surface area contributed by atoms with Crippen LogP contribution in [-0.2, 0) is 0 Å². The topological polar surface area (TPSA) is 70.2 Å². The lowest BCUT2D eigenvalue weighted by atomic mass is 10.1. The second-order valence-corrected chi connectivity index (χ2v) is 4.31. The molecule has 0 bridgehead atoms. The molecule has 2 aromatic rings. The van der Waals surface area contributed by atoms with E-state index in [1.807, 2.05) is 0 Å². The van der Waals surface area contributed by atoms with Crippen molar-refractivity contribution in [1.82, 2.24) is 4.98 Å². The van der Waals surface area contributed by atoms with E-state index in [1.54, 1.807) is 22.6 Å². The van der Waals surface area contributed by atoms with E-state index < -0.39 is 17.2 Å². The third-order valence-corrected chi connectivity index (χ3v) is 2.98. The minimum atomic E-state index is -1.30. The zero-order chi connectivity index (χ0) is 11.9. The smallest absolute Gasteiger partial charge is 0.341 e. The summed E-state index contributed by atoms with van der Waals surface area (Å²) in [5.41, 5.74) is -0.679. The van der Waals surface area contributed by atoms with Crippen molar-refractivity contribution in [3.8, 4) is 0 Å². The maximum atomic E-state index is 13.2. The predicted octanol–water partition coefficient (Wildman–Crippen LogP) is 1.97. The minimum absolute atomic E-state index is 0.172. The van der Waals surface area contributed by atoms with E-state index in [1.165, 1.54) is 12.1 Å². The van der Waals surface area contributed by atoms with Gasteiger partial charge in [-0.05, 0) is 34.7 Å². The van der Waals surface area contributed by atoms with Crippen molar-refractivity contribution in [1.29, 1.82) is 0 Å². The van der Waals surface area contributed by atoms with Crippen LogP contribution in [0.1, 0.15) is 10.4 Å². The molecule has 0 atom stereocenters. The monoisotopic (exact) mass is 333 g/mol. The van der Waals surface area contributed by atoms with Crippen LogP contribution in [0.5, 0.6) is 0 Å². The molecule has 6 heteroatoms. The molecule has 0 aliphatic carbocycles. The summed E-state index contributed by atoms with van der Waals surface area (Å²) in [6.07, 6.45) is 1.07. The van der Waals surface area contributed by atoms with Gasteiger partial charge in [0.25, 0.3) is 0 Å². The summed E-state index contributed by atoms with van der Waals surface area (Å²) in [6.45, 7) is 0. The predicted molar refractivity (Wildman–Crippen MR) is 64.2 cm³/mol. The second kappa shape index (κ2) is 3.85. The number of H-pyrrole nitrogens is 1. The summed E-state index contributed by atoms with van der Waals surface area (Å²) in [6, 6.07) is 2.50. The fourth-order valence-corrected chi connectivity index (χ4v) is 1.84. The second-order valence-electron chi connectivity index (χ2n) is 3.15. The van der Waals surface area contributed by atoms with Crippen molar-refractivity contribution in [3.05, 3.63) is 43.5 Å². The van der Waals surface area contributed by atoms with Gasteiger partial charge in [0.05, 0.1) is 5.52 Å². The van der Waals surface area contributed by atoms with Crippen LogP contribution in [0.3, 0.4) is 0 Å². The number of nitrogens with one attached hydrogen (secondary N) is 1. The van der Waals surface area contributed by atoms with Gasteiger partial charge in [-0.15, -0.1) is 0 Å². The van der Waals surface area contributed by atoms with Gasteiger partial charge in [-0.2, -0.15) is 0 Å². The number of carbonyl (C=O) groups is 1. The Kier molecular flexibility index (Phi) is 2.66. The first kappa shape index (κ1) is 11.1. The molecule has 4 nitrogen and oxygen atoms in total. The number of hydrogen-bond acceptors (Lipinski definition) is 2. The van der Waals surface area contributed by atoms with E-state index in [0.29, 0.717) is 0 Å². The number of carboxylic acids is 1. The van der Waals surface area contributed by atoms with Crippen molar-refractivity contribution >= 4 is 39.5 Å². The quantitative estimate of drug-likeness (QED) is 0.784. The number of pyridine rings is 1. The third kappa shape index (κ3) is 1.69. The fourth-order valence-electron chi connectivity index (χ4n) is 1.37. The van der Waals surface area contributed by atoms with Crippen molar-refractivity contribution in [2.24, 2.45) is 0 Å². The molecule has 0 unspecified atom stereocenters. The van der Waals surface area contributed by atoms with Gasteiger partial charge in [-0.25, -0.2) is 9.18 Å². The Bertz CT molecular complexity index is 650. The van der Waals surface area contributed by atoms with Gasteiger partial charge < -0.3 is 10.1 Å². The van der Waals surface area contributed by atoms with E-state index >= 15 is 0 Å². The third-order valence-electron chi connectivity index (χ3n) is 2.15. The minimum Gasteiger partial charge on any atom is -0.477 e. The Balaban J connectivity index is 2.90. The van der Waals surface area contributed by atoms with Crippen LogP contribution in [0.25, 0.3) is 10.9 Å². The lowest BCUT2D eigenvalue weighted by molar-refractivity contribution is 0.0695. The summed E-state index contributed by atoms with van der Waals surface area (Å²) >= 11 is 1.74. The first-order chi connectivity index (χ1) is 7.50. The van der Waals surface area contributed by atoms with Gasteiger partial charge in [0.1, 0.15) is 11.4 Å². The van der Waals surface area contributed by atoms with Gasteiger partial charge in [0.2, 0.25) is 5.43 Å². The molecule has 82 valence electrons. The van der Waals surface area contributed by atoms with E-state index in [4.69, 9.17) is 5.11 Å². The van der Waals surface area contributed by atoms with E-state index in [-0.39, 0.29) is 20.0 Å². The van der Waals surface area contributed by atoms with E-state index in [0.717, 1.165) is 6.20 Å². The molecule has 1 heterocycles. The van der Waals surface area contributed by atoms with Gasteiger partial charge in [-0.1, -0.05) is 0 Å². The van der Waals surface area contributed by atoms with Crippen molar-refractivity contribution in [2.75, 3.05) is 0 Å². The molecule has 0 fully saturated rings. The van der Waals surface area contributed by atoms with Crippen LogP contribution < -0.4 is 5.43 Å². The highest BCUT2D eigenvalue weighted by Gasteiger charge is 2.12. The molecule has 0 spiro atoms. The molecule has 16 heavy (non-hydrogen) atoms. The summed E-state index contributed by atoms with van der Waals surface area (Å²) < 4.78 is 13.5. The Labute approximate surface area is 102 Å². The molecular formula is C10H5FINO3. The van der Waals surface area contributed by atoms with Gasteiger partial charge in [0.15, 0.2) is 0 Å². The van der Waals surface area contributed by atoms with Crippen molar-refractivity contribution in [2.45, 2.75) is 0 Å². The average Bonchev–Trinajstić information content (AvgIpc) is 2.21. The summed E-state index contributed by atoms with van der Waals surface area (Å²) in [4.78, 5) is 25.0. The highest BCUT2D eigenvalue weighted by atomic mass is 127. The van der Waals surface area contributed by atoms with Crippen LogP contribution in [0.2, 0.25) is 0 Å². The number of halogens is 2. The number of aromatic nitrogens is 1. The Morgan fingerprint density at radius 2 is 2.12 bits per heavy atom. The SMILES string of the molecule is O=C(O)c1c[nH]c2cc(F)c(I)cc2c1=O. The van der Waals surface area contributed by atoms with E-state index in [2.05, 4.69) is 4.98 Å². The van der Waals surface area contributed by atoms with Crippen LogP contribution in [-0.4, -0.2) is 16.1 Å². The zero-order valence-electron chi connectivity index (χ0n) is 7.75. The number of aromatic amines is 1. The number of rotatable bonds is 1. The Morgan fingerprint density at radius 3 is 2.75 bits per heavy atom. The molecule has 0 aliphatic rings. The van der Waals surface area contributed by atoms with Gasteiger partial charge >= 0.3 is 5.97 Å². The fraction of sp³-hybridized carbons (Fsp3) is 0. The number of hydrogen-bond donors (Lipinski definition) is 2. The first-order valence-corrected chi connectivity index (χ1v) is 5.32. The zero-order valence-corrected chi connectivity index (χ0v) is 9.91. The number of aromatic carboxylic acids is 1. The highest BCUT2D eigenvalue weighted by molar-refractivity contribution is 14.1. The lowest BCUT2D eigenvalue weighted by Crippen LogP contribution is -2.15. The summed E-state index contributed by atoms with van der Waals surface area (Å²) in [5, 5.41) is 8.93. The lowest BCUT2D eigenvalue weighted by Gasteiger charge is -2.01. The van der Waals surface area contributed by atoms with E-state index in [9.17, 15) is 14.0 Å². The first-order valence-electron chi connectivity index (χ1n) is 4.24. The number of carboxylic acid groups (broad SMARTS) is 1. The molecule has 2 N–H and O–H groups in total. The van der Waals surface area contributed by atoms with Gasteiger partial charge in [-0.3, -0.25) is 4.79 Å². The Hall–Kier alpha value is -1.44. The maximum absolute atomic E-state index is 13.2. The van der Waals surface area contributed by atoms with Crippen LogP contribution in [0.4, 0.5) is 4.39 Å². The normalized spacial score (nSPS) is 10.6. The summed E-state index contributed by atoms with van der Waals surface area (Å²) in [7, 11) is 0. The molecular weight excluding hydrogens is 328 g/mol. The molecule has 1 aromatic carbocycles. The standard InChI is InChI=1S/C10H5FINO3/c11-6-2-8-4(1-7(6)12)9(14)5(3-13-8)10(15)16/h1-3H,(H,13,14)(H,15,16). The Morgan fingerprint density at radius 1 is 1.44 bits per heavy atom. The molecule has 0 aliphatic heterocycles. The molecule has 0 radical (unpaired) electrons. The summed E-state index contributed by atoms with van der Waals surface area (Å²) in [5.74, 6) is -1.76.